The van der Waals surface area contributed by atoms with Gasteiger partial charge < -0.3 is 19.3 Å². The number of hydrogen-bond donors (Lipinski definition) is 0. The lowest BCUT2D eigenvalue weighted by molar-refractivity contribution is -0.398. The zero-order chi connectivity index (χ0) is 26.9. The number of esters is 1. The number of carbonyl (C=O) groups excluding carboxylic acids is 1. The predicted octanol–water partition coefficient (Wildman–Crippen LogP) is 1.80. The van der Waals surface area contributed by atoms with Gasteiger partial charge in [0, 0.05) is 17.7 Å². The number of fused-ring (bicyclic) bond motifs is 1. The average molecular weight is 525 g/mol. The summed E-state index contributed by atoms with van der Waals surface area (Å²) in [6.07, 6.45) is 1.30. The van der Waals surface area contributed by atoms with Gasteiger partial charge in [0.05, 0.1) is 41.6 Å². The molecule has 4 rings (SSSR count). The average Bonchev–Trinajstić information content (AvgIpc) is 3.18. The number of carbonyl (C=O) groups is 1. The Labute approximate surface area is 214 Å². The number of para-hydroxylation sites is 1. The van der Waals surface area contributed by atoms with Gasteiger partial charge in [-0.1, -0.05) is 23.5 Å². The van der Waals surface area contributed by atoms with Crippen LogP contribution in [0.1, 0.15) is 31.0 Å². The summed E-state index contributed by atoms with van der Waals surface area (Å²) in [5, 5.41) is 23.8. The Hall–Kier alpha value is -4.45. The molecule has 1 aromatic heterocycles. The van der Waals surface area contributed by atoms with Crippen LogP contribution in [-0.2, 0) is 9.53 Å². The maximum absolute atomic E-state index is 13.7. The fourth-order valence-corrected chi connectivity index (χ4v) is 5.11. The lowest BCUT2D eigenvalue weighted by atomic mass is 9.95. The molecule has 0 amide bonds. The molecule has 37 heavy (non-hydrogen) atoms. The third-order valence-electron chi connectivity index (χ3n) is 5.76. The molecule has 3 aromatic rings. The van der Waals surface area contributed by atoms with Crippen LogP contribution in [0.3, 0.4) is 0 Å². The fraction of sp³-hybridized carbons (Fsp3) is 0.240. The highest BCUT2D eigenvalue weighted by Gasteiger charge is 2.35. The van der Waals surface area contributed by atoms with Gasteiger partial charge in [-0.05, 0) is 43.4 Å². The molecule has 0 spiro atoms. The van der Waals surface area contributed by atoms with Gasteiger partial charge in [0.2, 0.25) is 0 Å². The van der Waals surface area contributed by atoms with Gasteiger partial charge in [0.15, 0.2) is 4.80 Å². The second-order valence-electron chi connectivity index (χ2n) is 7.86. The van der Waals surface area contributed by atoms with Crippen LogP contribution < -0.4 is 29.5 Å². The molecule has 0 aliphatic carbocycles. The standard InChI is InChI=1S/C25H23N3O8S/c1-5-36-24(31)20-13(2)26-25-27(21(20)16-10-9-15(34-3)12-18(16)35-4)23(30)19(37-25)11-14-7-6-8-17(22(14)29)28(32)33/h6-12,21,29H,5H2,1-4H3/p-1/b19-11+/t21-/m0/s1. The van der Waals surface area contributed by atoms with E-state index in [1.807, 2.05) is 0 Å². The van der Waals surface area contributed by atoms with Gasteiger partial charge in [0.25, 0.3) is 11.2 Å². The lowest BCUT2D eigenvalue weighted by Gasteiger charge is -2.26. The van der Waals surface area contributed by atoms with E-state index in [-0.39, 0.29) is 27.1 Å². The molecule has 0 radical (unpaired) electrons. The Balaban J connectivity index is 2.01. The lowest BCUT2D eigenvalue weighted by Crippen LogP contribution is -2.40. The first-order valence-electron chi connectivity index (χ1n) is 11.1. The van der Waals surface area contributed by atoms with Crippen molar-refractivity contribution in [2.24, 2.45) is 4.99 Å². The number of thiazole rings is 1. The van der Waals surface area contributed by atoms with Gasteiger partial charge in [-0.3, -0.25) is 19.5 Å². The van der Waals surface area contributed by atoms with Gasteiger partial charge in [-0.15, -0.1) is 0 Å². The van der Waals surface area contributed by atoms with Crippen molar-refractivity contribution in [3.8, 4) is 17.2 Å². The summed E-state index contributed by atoms with van der Waals surface area (Å²) >= 11 is 0.998. The molecule has 192 valence electrons. The number of nitro benzene ring substituents is 1. The molecule has 0 unspecified atom stereocenters. The molecule has 1 atom stereocenters. The van der Waals surface area contributed by atoms with E-state index in [9.17, 15) is 24.8 Å². The zero-order valence-corrected chi connectivity index (χ0v) is 21.2. The maximum Gasteiger partial charge on any atom is 0.338 e. The number of aromatic nitrogens is 1. The molecule has 0 bridgehead atoms. The van der Waals surface area contributed by atoms with Crippen molar-refractivity contribution in [2.75, 3.05) is 20.8 Å². The van der Waals surface area contributed by atoms with Crippen LogP contribution in [0, 0.1) is 10.1 Å². The summed E-state index contributed by atoms with van der Waals surface area (Å²) in [5.41, 5.74) is -0.139. The van der Waals surface area contributed by atoms with Crippen molar-refractivity contribution in [2.45, 2.75) is 19.9 Å². The monoisotopic (exact) mass is 524 g/mol. The topological polar surface area (TPSA) is 145 Å². The van der Waals surface area contributed by atoms with Crippen molar-refractivity contribution >= 4 is 29.1 Å². The molecule has 12 heteroatoms. The number of nitrogens with zero attached hydrogens (tertiary/aromatic N) is 3. The molecule has 0 N–H and O–H groups in total. The highest BCUT2D eigenvalue weighted by Crippen LogP contribution is 2.37. The summed E-state index contributed by atoms with van der Waals surface area (Å²) in [6, 6.07) is 7.92. The quantitative estimate of drug-likeness (QED) is 0.258. The number of rotatable bonds is 7. The van der Waals surface area contributed by atoms with E-state index in [0.29, 0.717) is 22.8 Å². The first-order chi connectivity index (χ1) is 17.7. The maximum atomic E-state index is 13.7. The normalized spacial score (nSPS) is 15.1. The van der Waals surface area contributed by atoms with Gasteiger partial charge in [0.1, 0.15) is 17.5 Å². The van der Waals surface area contributed by atoms with E-state index in [1.54, 1.807) is 32.0 Å². The number of hydrogen-bond acceptors (Lipinski definition) is 10. The molecule has 2 heterocycles. The van der Waals surface area contributed by atoms with Crippen molar-refractivity contribution in [3.05, 3.63) is 88.6 Å². The van der Waals surface area contributed by atoms with Gasteiger partial charge in [-0.25, -0.2) is 9.79 Å². The van der Waals surface area contributed by atoms with Crippen LogP contribution in [-0.4, -0.2) is 36.3 Å². The van der Waals surface area contributed by atoms with Crippen LogP contribution in [0.2, 0.25) is 0 Å². The molecule has 1 aliphatic heterocycles. The third-order valence-corrected chi connectivity index (χ3v) is 6.74. The Morgan fingerprint density at radius 1 is 1.24 bits per heavy atom. The van der Waals surface area contributed by atoms with Gasteiger partial charge in [-0.2, -0.15) is 0 Å². The Morgan fingerprint density at radius 3 is 2.65 bits per heavy atom. The number of benzene rings is 2. The van der Waals surface area contributed by atoms with E-state index in [1.165, 1.54) is 37.0 Å². The van der Waals surface area contributed by atoms with Crippen LogP contribution >= 0.6 is 11.3 Å². The summed E-state index contributed by atoms with van der Waals surface area (Å²) in [6.45, 7) is 3.43. The first kappa shape index (κ1) is 25.6. The van der Waals surface area contributed by atoms with E-state index in [4.69, 9.17) is 14.2 Å². The minimum Gasteiger partial charge on any atom is -0.867 e. The minimum absolute atomic E-state index is 0.0145. The van der Waals surface area contributed by atoms with E-state index >= 15 is 0 Å². The zero-order valence-electron chi connectivity index (χ0n) is 20.3. The van der Waals surface area contributed by atoms with Crippen LogP contribution in [0.4, 0.5) is 5.69 Å². The summed E-state index contributed by atoms with van der Waals surface area (Å²) in [5.74, 6) is -0.562. The number of ether oxygens (including phenoxy) is 3. The summed E-state index contributed by atoms with van der Waals surface area (Å²) < 4.78 is 17.6. The Morgan fingerprint density at radius 2 is 2.00 bits per heavy atom. The van der Waals surface area contributed by atoms with Crippen molar-refractivity contribution < 1.29 is 29.0 Å². The third kappa shape index (κ3) is 4.58. The first-order valence-corrected chi connectivity index (χ1v) is 11.9. The van der Waals surface area contributed by atoms with E-state index < -0.39 is 33.9 Å². The molecule has 1 aliphatic rings. The summed E-state index contributed by atoms with van der Waals surface area (Å²) in [4.78, 5) is 41.9. The molecule has 11 nitrogen and oxygen atoms in total. The number of allylic oxidation sites excluding steroid dienone is 1. The van der Waals surface area contributed by atoms with E-state index in [0.717, 1.165) is 17.4 Å². The molecule has 0 fully saturated rings. The minimum atomic E-state index is -0.949. The van der Waals surface area contributed by atoms with E-state index in [2.05, 4.69) is 4.99 Å². The molecule has 0 saturated carbocycles. The smallest absolute Gasteiger partial charge is 0.338 e. The second kappa shape index (κ2) is 10.3. The van der Waals surface area contributed by atoms with Crippen molar-refractivity contribution in [1.29, 1.82) is 0 Å². The molecule has 2 aromatic carbocycles. The fourth-order valence-electron chi connectivity index (χ4n) is 4.07. The Kier molecular flexibility index (Phi) is 7.11. The predicted molar refractivity (Wildman–Crippen MR) is 132 cm³/mol. The largest absolute Gasteiger partial charge is 0.867 e. The molecule has 0 saturated heterocycles. The van der Waals surface area contributed by atoms with Crippen molar-refractivity contribution in [1.82, 2.24) is 4.57 Å². The number of nitro groups is 1. The Bertz CT molecular complexity index is 1620. The van der Waals surface area contributed by atoms with Crippen LogP contribution in [0.15, 0.2) is 57.5 Å². The highest BCUT2D eigenvalue weighted by atomic mass is 32.1. The second-order valence-corrected chi connectivity index (χ2v) is 8.87. The van der Waals surface area contributed by atoms with Crippen LogP contribution in [0.5, 0.6) is 17.2 Å². The van der Waals surface area contributed by atoms with Gasteiger partial charge >= 0.3 is 5.97 Å². The SMILES string of the molecule is CCOC(=O)C1=C(C)N=c2s/c(=C/c3cccc([N+](=O)[O-])c3[O-])c(=O)n2[C@H]1c1ccc(OC)cc1OC. The summed E-state index contributed by atoms with van der Waals surface area (Å²) in [7, 11) is 2.96. The molecular formula is C25H22N3O8S-. The van der Waals surface area contributed by atoms with Crippen molar-refractivity contribution in [3.63, 3.8) is 0 Å². The number of methoxy groups -OCH3 is 2. The van der Waals surface area contributed by atoms with Crippen LogP contribution in [0.25, 0.3) is 6.08 Å². The highest BCUT2D eigenvalue weighted by molar-refractivity contribution is 7.07. The molecular weight excluding hydrogens is 502 g/mol.